The van der Waals surface area contributed by atoms with E-state index in [4.69, 9.17) is 4.74 Å². The highest BCUT2D eigenvalue weighted by molar-refractivity contribution is 5.88. The van der Waals surface area contributed by atoms with Gasteiger partial charge in [0, 0.05) is 11.6 Å². The molecule has 1 aromatic heterocycles. The van der Waals surface area contributed by atoms with Crippen molar-refractivity contribution in [3.8, 4) is 5.75 Å². The van der Waals surface area contributed by atoms with Gasteiger partial charge in [-0.2, -0.15) is 0 Å². The van der Waals surface area contributed by atoms with Crippen molar-refractivity contribution in [3.05, 3.63) is 36.5 Å². The number of pyridine rings is 1. The molecule has 1 unspecified atom stereocenters. The van der Waals surface area contributed by atoms with E-state index < -0.39 is 0 Å². The van der Waals surface area contributed by atoms with Crippen molar-refractivity contribution in [3.63, 3.8) is 0 Å². The normalized spacial score (nSPS) is 17.3. The van der Waals surface area contributed by atoms with Crippen molar-refractivity contribution in [1.29, 1.82) is 0 Å². The first-order valence-electron chi connectivity index (χ1n) is 8.35. The first-order valence-corrected chi connectivity index (χ1v) is 8.35. The van der Waals surface area contributed by atoms with E-state index in [1.54, 1.807) is 12.3 Å². The number of fused-ring (bicyclic) bond motifs is 1. The Bertz CT molecular complexity index is 641. The molecule has 0 radical (unpaired) electrons. The van der Waals surface area contributed by atoms with E-state index in [1.165, 1.54) is 19.3 Å². The Hall–Kier alpha value is -1.90. The van der Waals surface area contributed by atoms with Gasteiger partial charge in [0.25, 0.3) is 0 Å². The third-order valence-corrected chi connectivity index (χ3v) is 4.78. The van der Waals surface area contributed by atoms with Crippen LogP contribution in [0.2, 0.25) is 0 Å². The summed E-state index contributed by atoms with van der Waals surface area (Å²) in [6.07, 6.45) is 8.66. The predicted octanol–water partition coefficient (Wildman–Crippen LogP) is 4.75. The first kappa shape index (κ1) is 15.0. The number of para-hydroxylation sites is 1. The van der Waals surface area contributed by atoms with Gasteiger partial charge in [0.1, 0.15) is 5.75 Å². The van der Waals surface area contributed by atoms with Crippen molar-refractivity contribution < 1.29 is 9.53 Å². The zero-order valence-corrected chi connectivity index (χ0v) is 13.1. The van der Waals surface area contributed by atoms with Crippen LogP contribution in [0.1, 0.15) is 45.4 Å². The van der Waals surface area contributed by atoms with Crippen molar-refractivity contribution in [2.75, 3.05) is 0 Å². The maximum absolute atomic E-state index is 12.6. The van der Waals surface area contributed by atoms with Crippen LogP contribution in [0.3, 0.4) is 0 Å². The lowest BCUT2D eigenvalue weighted by atomic mass is 9.79. The summed E-state index contributed by atoms with van der Waals surface area (Å²) in [5.74, 6) is 1.06. The third-order valence-electron chi connectivity index (χ3n) is 4.78. The van der Waals surface area contributed by atoms with E-state index in [9.17, 15) is 4.79 Å². The average Bonchev–Trinajstić information content (AvgIpc) is 2.57. The Kier molecular flexibility index (Phi) is 4.71. The molecule has 1 fully saturated rings. The van der Waals surface area contributed by atoms with Crippen LogP contribution in [0.15, 0.2) is 36.5 Å². The number of esters is 1. The number of hydrogen-bond donors (Lipinski definition) is 0. The predicted molar refractivity (Wildman–Crippen MR) is 87.7 cm³/mol. The molecule has 3 nitrogen and oxygen atoms in total. The molecule has 0 amide bonds. The molecule has 1 atom stereocenters. The van der Waals surface area contributed by atoms with Gasteiger partial charge < -0.3 is 4.74 Å². The minimum Gasteiger partial charge on any atom is -0.426 e. The molecule has 1 aromatic carbocycles. The van der Waals surface area contributed by atoms with E-state index >= 15 is 0 Å². The van der Waals surface area contributed by atoms with Crippen LogP contribution in [0.25, 0.3) is 10.9 Å². The van der Waals surface area contributed by atoms with E-state index in [1.807, 2.05) is 24.3 Å². The molecule has 3 rings (SSSR count). The summed E-state index contributed by atoms with van der Waals surface area (Å²) >= 11 is 0. The largest absolute Gasteiger partial charge is 0.426 e. The van der Waals surface area contributed by atoms with Crippen LogP contribution in [0.4, 0.5) is 0 Å². The minimum atomic E-state index is -0.0780. The second-order valence-corrected chi connectivity index (χ2v) is 6.16. The van der Waals surface area contributed by atoms with Gasteiger partial charge in [-0.25, -0.2) is 0 Å². The monoisotopic (exact) mass is 297 g/mol. The van der Waals surface area contributed by atoms with Crippen LogP contribution in [-0.2, 0) is 4.79 Å². The number of nitrogens with zero attached hydrogens (tertiary/aromatic N) is 1. The van der Waals surface area contributed by atoms with Gasteiger partial charge >= 0.3 is 5.97 Å². The fourth-order valence-corrected chi connectivity index (χ4v) is 3.57. The Morgan fingerprint density at radius 2 is 2.00 bits per heavy atom. The highest BCUT2D eigenvalue weighted by Crippen LogP contribution is 2.33. The quantitative estimate of drug-likeness (QED) is 0.765. The molecule has 1 aliphatic rings. The highest BCUT2D eigenvalue weighted by atomic mass is 16.5. The lowest BCUT2D eigenvalue weighted by molar-refractivity contribution is -0.141. The van der Waals surface area contributed by atoms with Gasteiger partial charge in [0.2, 0.25) is 0 Å². The SMILES string of the molecule is CCC(C(=O)Oc1ccnc2ccccc12)C1CCCCC1. The standard InChI is InChI=1S/C19H23NO2/c1-2-15(14-8-4-3-5-9-14)19(21)22-18-12-13-20-17-11-7-6-10-16(17)18/h6-7,10-15H,2-5,8-9H2,1H3. The number of rotatable bonds is 4. The van der Waals surface area contributed by atoms with Crippen LogP contribution < -0.4 is 4.74 Å². The summed E-state index contributed by atoms with van der Waals surface area (Å²) in [6, 6.07) is 9.56. The fraction of sp³-hybridized carbons (Fsp3) is 0.474. The Morgan fingerprint density at radius 3 is 2.77 bits per heavy atom. The molecule has 0 aliphatic heterocycles. The van der Waals surface area contributed by atoms with Gasteiger partial charge in [0.15, 0.2) is 0 Å². The van der Waals surface area contributed by atoms with E-state index in [-0.39, 0.29) is 11.9 Å². The van der Waals surface area contributed by atoms with Crippen LogP contribution in [0, 0.1) is 11.8 Å². The van der Waals surface area contributed by atoms with Gasteiger partial charge in [-0.15, -0.1) is 0 Å². The summed E-state index contributed by atoms with van der Waals surface area (Å²) in [7, 11) is 0. The summed E-state index contributed by atoms with van der Waals surface area (Å²) < 4.78 is 5.75. The topological polar surface area (TPSA) is 39.2 Å². The zero-order chi connectivity index (χ0) is 15.4. The smallest absolute Gasteiger partial charge is 0.314 e. The van der Waals surface area contributed by atoms with Crippen LogP contribution >= 0.6 is 0 Å². The Labute approximate surface area is 131 Å². The molecule has 116 valence electrons. The highest BCUT2D eigenvalue weighted by Gasteiger charge is 2.29. The molecule has 1 saturated carbocycles. The molecular weight excluding hydrogens is 274 g/mol. The molecule has 22 heavy (non-hydrogen) atoms. The minimum absolute atomic E-state index is 0.0206. The first-order chi connectivity index (χ1) is 10.8. The number of carbonyl (C=O) groups is 1. The molecule has 0 bridgehead atoms. The molecule has 0 spiro atoms. The zero-order valence-electron chi connectivity index (χ0n) is 13.1. The average molecular weight is 297 g/mol. The number of ether oxygens (including phenoxy) is 1. The second kappa shape index (κ2) is 6.91. The number of hydrogen-bond acceptors (Lipinski definition) is 3. The van der Waals surface area contributed by atoms with Gasteiger partial charge in [0.05, 0.1) is 11.4 Å². The van der Waals surface area contributed by atoms with Gasteiger partial charge in [-0.05, 0) is 43.4 Å². The molecule has 1 aliphatic carbocycles. The van der Waals surface area contributed by atoms with Crippen LogP contribution in [-0.4, -0.2) is 11.0 Å². The fourth-order valence-electron chi connectivity index (χ4n) is 3.57. The van der Waals surface area contributed by atoms with E-state index in [0.29, 0.717) is 11.7 Å². The lowest BCUT2D eigenvalue weighted by Crippen LogP contribution is -2.28. The third kappa shape index (κ3) is 3.13. The maximum atomic E-state index is 12.6. The number of aromatic nitrogens is 1. The molecule has 2 aromatic rings. The van der Waals surface area contributed by atoms with Gasteiger partial charge in [-0.3, -0.25) is 9.78 Å². The van der Waals surface area contributed by atoms with Crippen molar-refractivity contribution in [1.82, 2.24) is 4.98 Å². The van der Waals surface area contributed by atoms with Gasteiger partial charge in [-0.1, -0.05) is 38.3 Å². The van der Waals surface area contributed by atoms with E-state index in [2.05, 4.69) is 11.9 Å². The molecule has 1 heterocycles. The summed E-state index contributed by atoms with van der Waals surface area (Å²) in [4.78, 5) is 17.0. The molecular formula is C19H23NO2. The summed E-state index contributed by atoms with van der Waals surface area (Å²) in [5.41, 5.74) is 0.860. The van der Waals surface area contributed by atoms with Crippen molar-refractivity contribution >= 4 is 16.9 Å². The van der Waals surface area contributed by atoms with Crippen molar-refractivity contribution in [2.45, 2.75) is 45.4 Å². The Morgan fingerprint density at radius 1 is 1.23 bits per heavy atom. The summed E-state index contributed by atoms with van der Waals surface area (Å²) in [5, 5.41) is 0.900. The van der Waals surface area contributed by atoms with E-state index in [0.717, 1.165) is 30.2 Å². The molecule has 3 heteroatoms. The molecule has 0 N–H and O–H groups in total. The number of benzene rings is 1. The van der Waals surface area contributed by atoms with Crippen molar-refractivity contribution in [2.24, 2.45) is 11.8 Å². The molecule has 0 saturated heterocycles. The van der Waals surface area contributed by atoms with Crippen LogP contribution in [0.5, 0.6) is 5.75 Å². The summed E-state index contributed by atoms with van der Waals surface area (Å²) in [6.45, 7) is 2.09. The maximum Gasteiger partial charge on any atom is 0.314 e. The lowest BCUT2D eigenvalue weighted by Gasteiger charge is -2.28. The Balaban J connectivity index is 1.79. The number of carbonyl (C=O) groups excluding carboxylic acids is 1. The second-order valence-electron chi connectivity index (χ2n) is 6.16.